The average molecular weight is 341 g/mol. The molecule has 4 heteroatoms. The van der Waals surface area contributed by atoms with Gasteiger partial charge in [-0.05, 0) is 50.8 Å². The van der Waals surface area contributed by atoms with Gasteiger partial charge in [0, 0.05) is 29.2 Å². The number of nitrogens with zero attached hydrogens (tertiary/aromatic N) is 1. The van der Waals surface area contributed by atoms with Crippen LogP contribution in [-0.4, -0.2) is 31.1 Å². The summed E-state index contributed by atoms with van der Waals surface area (Å²) in [5.41, 5.74) is 7.28. The summed E-state index contributed by atoms with van der Waals surface area (Å²) in [6, 6.07) is 6.85. The van der Waals surface area contributed by atoms with Gasteiger partial charge < -0.3 is 10.5 Å². The molecule has 20 heavy (non-hydrogen) atoms. The quantitative estimate of drug-likeness (QED) is 0.824. The van der Waals surface area contributed by atoms with E-state index in [1.807, 2.05) is 12.1 Å². The van der Waals surface area contributed by atoms with Crippen molar-refractivity contribution in [2.45, 2.75) is 38.8 Å². The van der Waals surface area contributed by atoms with E-state index in [1.165, 1.54) is 18.4 Å². The fraction of sp³-hybridized carbons (Fsp3) is 0.625. The molecule has 1 fully saturated rings. The lowest BCUT2D eigenvalue weighted by atomic mass is 10.0. The van der Waals surface area contributed by atoms with Crippen molar-refractivity contribution in [1.29, 1.82) is 0 Å². The van der Waals surface area contributed by atoms with Crippen molar-refractivity contribution in [3.8, 4) is 5.75 Å². The van der Waals surface area contributed by atoms with Gasteiger partial charge in [0.1, 0.15) is 5.75 Å². The van der Waals surface area contributed by atoms with Gasteiger partial charge in [-0.3, -0.25) is 4.90 Å². The molecule has 0 amide bonds. The van der Waals surface area contributed by atoms with Crippen LogP contribution in [0.1, 0.15) is 38.3 Å². The summed E-state index contributed by atoms with van der Waals surface area (Å²) in [7, 11) is 1.72. The number of benzene rings is 1. The summed E-state index contributed by atoms with van der Waals surface area (Å²) in [5.74, 6) is 1.77. The fourth-order valence-electron chi connectivity index (χ4n) is 2.70. The molecule has 1 aliphatic carbocycles. The molecule has 2 rings (SSSR count). The highest BCUT2D eigenvalue weighted by molar-refractivity contribution is 9.10. The van der Waals surface area contributed by atoms with Gasteiger partial charge in [-0.25, -0.2) is 0 Å². The Balaban J connectivity index is 2.30. The number of hydrogen-bond donors (Lipinski definition) is 1. The van der Waals surface area contributed by atoms with Crippen molar-refractivity contribution >= 4 is 15.9 Å². The molecule has 112 valence electrons. The molecule has 1 atom stereocenters. The number of nitrogens with two attached hydrogens (primary N) is 1. The Kier molecular flexibility index (Phi) is 5.47. The number of ether oxygens (including phenoxy) is 1. The highest BCUT2D eigenvalue weighted by atomic mass is 79.9. The molecule has 0 aromatic heterocycles. The zero-order valence-corrected chi connectivity index (χ0v) is 14.2. The first kappa shape index (κ1) is 15.8. The topological polar surface area (TPSA) is 38.5 Å². The van der Waals surface area contributed by atoms with Crippen LogP contribution in [0.4, 0.5) is 0 Å². The molecule has 1 saturated carbocycles. The van der Waals surface area contributed by atoms with Crippen LogP contribution in [-0.2, 0) is 0 Å². The van der Waals surface area contributed by atoms with Gasteiger partial charge in [0.05, 0.1) is 13.2 Å². The summed E-state index contributed by atoms with van der Waals surface area (Å²) < 4.78 is 6.60. The lowest BCUT2D eigenvalue weighted by molar-refractivity contribution is 0.147. The minimum absolute atomic E-state index is 0.211. The van der Waals surface area contributed by atoms with Crippen LogP contribution >= 0.6 is 15.9 Å². The standard InChI is InChI=1S/C16H25BrN2O/c1-11(2)19(10-12-4-5-12)15(9-18)14-8-13(17)6-7-16(14)20-3/h6-8,11-12,15H,4-5,9-10,18H2,1-3H3. The monoisotopic (exact) mass is 340 g/mol. The second kappa shape index (κ2) is 6.92. The Morgan fingerprint density at radius 3 is 2.60 bits per heavy atom. The Morgan fingerprint density at radius 1 is 1.40 bits per heavy atom. The lowest BCUT2D eigenvalue weighted by Crippen LogP contribution is -2.40. The first-order valence-electron chi connectivity index (χ1n) is 7.36. The number of rotatable bonds is 7. The Labute approximate surface area is 130 Å². The van der Waals surface area contributed by atoms with Crippen LogP contribution in [0.3, 0.4) is 0 Å². The van der Waals surface area contributed by atoms with E-state index in [2.05, 4.69) is 40.7 Å². The maximum Gasteiger partial charge on any atom is 0.123 e. The van der Waals surface area contributed by atoms with Crippen molar-refractivity contribution in [2.24, 2.45) is 11.7 Å². The van der Waals surface area contributed by atoms with E-state index >= 15 is 0 Å². The molecule has 0 spiro atoms. The van der Waals surface area contributed by atoms with E-state index in [-0.39, 0.29) is 6.04 Å². The minimum atomic E-state index is 0.211. The third-order valence-corrected chi connectivity index (χ3v) is 4.50. The maximum absolute atomic E-state index is 6.10. The van der Waals surface area contributed by atoms with Gasteiger partial charge >= 0.3 is 0 Å². The average Bonchev–Trinajstić information content (AvgIpc) is 3.22. The van der Waals surface area contributed by atoms with Gasteiger partial charge in [0.15, 0.2) is 0 Å². The van der Waals surface area contributed by atoms with Gasteiger partial charge in [-0.15, -0.1) is 0 Å². The first-order valence-corrected chi connectivity index (χ1v) is 8.15. The highest BCUT2D eigenvalue weighted by Crippen LogP contribution is 2.36. The summed E-state index contributed by atoms with van der Waals surface area (Å²) >= 11 is 3.56. The van der Waals surface area contributed by atoms with E-state index in [4.69, 9.17) is 10.5 Å². The predicted octanol–water partition coefficient (Wildman–Crippen LogP) is 3.58. The van der Waals surface area contributed by atoms with E-state index in [9.17, 15) is 0 Å². The summed E-state index contributed by atoms with van der Waals surface area (Å²) in [5, 5.41) is 0. The molecule has 1 aromatic rings. The maximum atomic E-state index is 6.10. The molecule has 0 heterocycles. The largest absolute Gasteiger partial charge is 0.496 e. The first-order chi connectivity index (χ1) is 9.56. The summed E-state index contributed by atoms with van der Waals surface area (Å²) in [6.07, 6.45) is 2.71. The molecule has 3 nitrogen and oxygen atoms in total. The van der Waals surface area contributed by atoms with Gasteiger partial charge in [-0.2, -0.15) is 0 Å². The van der Waals surface area contributed by atoms with Crippen molar-refractivity contribution in [2.75, 3.05) is 20.2 Å². The smallest absolute Gasteiger partial charge is 0.123 e. The van der Waals surface area contributed by atoms with E-state index < -0.39 is 0 Å². The Hall–Kier alpha value is -0.580. The van der Waals surface area contributed by atoms with Gasteiger partial charge in [-0.1, -0.05) is 15.9 Å². The molecule has 1 aliphatic rings. The van der Waals surface area contributed by atoms with Crippen LogP contribution in [0.25, 0.3) is 0 Å². The minimum Gasteiger partial charge on any atom is -0.496 e. The van der Waals surface area contributed by atoms with Crippen molar-refractivity contribution in [3.05, 3.63) is 28.2 Å². The van der Waals surface area contributed by atoms with Crippen LogP contribution in [0.5, 0.6) is 5.75 Å². The molecule has 2 N–H and O–H groups in total. The Bertz CT molecular complexity index is 446. The summed E-state index contributed by atoms with van der Waals surface area (Å²) in [4.78, 5) is 2.52. The zero-order chi connectivity index (χ0) is 14.7. The number of hydrogen-bond acceptors (Lipinski definition) is 3. The van der Waals surface area contributed by atoms with E-state index in [0.29, 0.717) is 12.6 Å². The second-order valence-corrected chi connectivity index (χ2v) is 6.79. The SMILES string of the molecule is COc1ccc(Br)cc1C(CN)N(CC1CC1)C(C)C. The van der Waals surface area contributed by atoms with Crippen LogP contribution in [0.2, 0.25) is 0 Å². The van der Waals surface area contributed by atoms with Crippen molar-refractivity contribution in [1.82, 2.24) is 4.90 Å². The Morgan fingerprint density at radius 2 is 2.10 bits per heavy atom. The van der Waals surface area contributed by atoms with E-state index in [1.54, 1.807) is 7.11 Å². The molecule has 0 saturated heterocycles. The molecule has 0 radical (unpaired) electrons. The normalized spacial score (nSPS) is 16.8. The molecule has 0 aliphatic heterocycles. The number of methoxy groups -OCH3 is 1. The van der Waals surface area contributed by atoms with Gasteiger partial charge in [0.25, 0.3) is 0 Å². The van der Waals surface area contributed by atoms with Gasteiger partial charge in [0.2, 0.25) is 0 Å². The fourth-order valence-corrected chi connectivity index (χ4v) is 3.08. The number of halogens is 1. The molecular formula is C16H25BrN2O. The molecule has 1 aromatic carbocycles. The third kappa shape index (κ3) is 3.74. The summed E-state index contributed by atoms with van der Waals surface area (Å²) in [6.45, 7) is 6.23. The molecular weight excluding hydrogens is 316 g/mol. The van der Waals surface area contributed by atoms with Crippen LogP contribution in [0.15, 0.2) is 22.7 Å². The third-order valence-electron chi connectivity index (χ3n) is 4.00. The van der Waals surface area contributed by atoms with Crippen molar-refractivity contribution < 1.29 is 4.74 Å². The van der Waals surface area contributed by atoms with Crippen LogP contribution in [0, 0.1) is 5.92 Å². The van der Waals surface area contributed by atoms with Crippen molar-refractivity contribution in [3.63, 3.8) is 0 Å². The lowest BCUT2D eigenvalue weighted by Gasteiger charge is -2.35. The second-order valence-electron chi connectivity index (χ2n) is 5.87. The van der Waals surface area contributed by atoms with E-state index in [0.717, 1.165) is 22.7 Å². The molecule has 1 unspecified atom stereocenters. The zero-order valence-electron chi connectivity index (χ0n) is 12.6. The van der Waals surface area contributed by atoms with Crippen LogP contribution < -0.4 is 10.5 Å². The predicted molar refractivity (Wildman–Crippen MR) is 87.1 cm³/mol. The highest BCUT2D eigenvalue weighted by Gasteiger charge is 2.31. The molecule has 0 bridgehead atoms.